The number of likely N-dealkylation sites (N-methyl/N-ethyl adjacent to an activating group) is 1. The lowest BCUT2D eigenvalue weighted by Crippen LogP contribution is -2.44. The van der Waals surface area contributed by atoms with Crippen molar-refractivity contribution < 1.29 is 4.74 Å². The summed E-state index contributed by atoms with van der Waals surface area (Å²) < 4.78 is 5.91. The third kappa shape index (κ3) is 4.78. The zero-order valence-electron chi connectivity index (χ0n) is 12.6. The Balaban J connectivity index is 1.68. The van der Waals surface area contributed by atoms with Gasteiger partial charge in [0, 0.05) is 32.7 Å². The SMILES string of the molecule is CN1CCN(CCCOc2ccccc2CCN)CC1. The monoisotopic (exact) mass is 277 g/mol. The molecule has 0 spiro atoms. The maximum atomic E-state index is 5.91. The summed E-state index contributed by atoms with van der Waals surface area (Å²) in [6.45, 7) is 7.31. The van der Waals surface area contributed by atoms with Crippen LogP contribution in [0.15, 0.2) is 24.3 Å². The first-order valence-corrected chi connectivity index (χ1v) is 7.61. The normalized spacial score (nSPS) is 17.3. The molecule has 0 amide bonds. The fourth-order valence-electron chi connectivity index (χ4n) is 2.55. The molecule has 0 bridgehead atoms. The van der Waals surface area contributed by atoms with E-state index >= 15 is 0 Å². The van der Waals surface area contributed by atoms with Gasteiger partial charge in [-0.05, 0) is 38.1 Å². The smallest absolute Gasteiger partial charge is 0.122 e. The quantitative estimate of drug-likeness (QED) is 0.761. The maximum absolute atomic E-state index is 5.91. The molecule has 1 aromatic rings. The van der Waals surface area contributed by atoms with Crippen LogP contribution in [0.3, 0.4) is 0 Å². The van der Waals surface area contributed by atoms with Gasteiger partial charge in [0.1, 0.15) is 5.75 Å². The van der Waals surface area contributed by atoms with Gasteiger partial charge in [0.05, 0.1) is 6.61 Å². The number of benzene rings is 1. The molecule has 0 unspecified atom stereocenters. The van der Waals surface area contributed by atoms with Crippen LogP contribution < -0.4 is 10.5 Å². The molecule has 20 heavy (non-hydrogen) atoms. The van der Waals surface area contributed by atoms with E-state index in [9.17, 15) is 0 Å². The topological polar surface area (TPSA) is 41.7 Å². The molecule has 0 aromatic heterocycles. The van der Waals surface area contributed by atoms with Gasteiger partial charge in [0.2, 0.25) is 0 Å². The zero-order valence-corrected chi connectivity index (χ0v) is 12.6. The van der Waals surface area contributed by atoms with Crippen LogP contribution in [0.2, 0.25) is 0 Å². The van der Waals surface area contributed by atoms with Gasteiger partial charge in [-0.1, -0.05) is 18.2 Å². The average molecular weight is 277 g/mol. The third-order valence-electron chi connectivity index (χ3n) is 3.86. The average Bonchev–Trinajstić information content (AvgIpc) is 2.47. The Hall–Kier alpha value is -1.10. The molecule has 112 valence electrons. The van der Waals surface area contributed by atoms with Crippen molar-refractivity contribution in [3.05, 3.63) is 29.8 Å². The van der Waals surface area contributed by atoms with E-state index in [0.29, 0.717) is 6.54 Å². The Morgan fingerprint density at radius 3 is 2.65 bits per heavy atom. The highest BCUT2D eigenvalue weighted by Gasteiger charge is 2.12. The predicted molar refractivity (Wildman–Crippen MR) is 83.2 cm³/mol. The summed E-state index contributed by atoms with van der Waals surface area (Å²) in [4.78, 5) is 4.91. The van der Waals surface area contributed by atoms with Gasteiger partial charge >= 0.3 is 0 Å². The lowest BCUT2D eigenvalue weighted by atomic mass is 10.1. The Morgan fingerprint density at radius 1 is 1.15 bits per heavy atom. The largest absolute Gasteiger partial charge is 0.493 e. The molecule has 2 rings (SSSR count). The first-order chi connectivity index (χ1) is 9.79. The van der Waals surface area contributed by atoms with Crippen LogP contribution in [0.25, 0.3) is 0 Å². The Labute approximate surface area is 122 Å². The predicted octanol–water partition coefficient (Wildman–Crippen LogP) is 1.20. The molecule has 1 fully saturated rings. The second-order valence-corrected chi connectivity index (χ2v) is 5.49. The van der Waals surface area contributed by atoms with Crippen molar-refractivity contribution in [2.45, 2.75) is 12.8 Å². The highest BCUT2D eigenvalue weighted by molar-refractivity contribution is 5.33. The van der Waals surface area contributed by atoms with E-state index in [0.717, 1.165) is 31.7 Å². The van der Waals surface area contributed by atoms with E-state index in [1.54, 1.807) is 0 Å². The number of nitrogens with zero attached hydrogens (tertiary/aromatic N) is 2. The van der Waals surface area contributed by atoms with Gasteiger partial charge in [0.25, 0.3) is 0 Å². The van der Waals surface area contributed by atoms with E-state index in [1.165, 1.54) is 31.7 Å². The minimum absolute atomic E-state index is 0.668. The molecule has 1 aliphatic heterocycles. The molecule has 0 radical (unpaired) electrons. The minimum atomic E-state index is 0.668. The van der Waals surface area contributed by atoms with E-state index in [1.807, 2.05) is 18.2 Å². The van der Waals surface area contributed by atoms with Crippen molar-refractivity contribution in [3.8, 4) is 5.75 Å². The fraction of sp³-hybridized carbons (Fsp3) is 0.625. The molecule has 0 aliphatic carbocycles. The van der Waals surface area contributed by atoms with Crippen LogP contribution in [0.1, 0.15) is 12.0 Å². The van der Waals surface area contributed by atoms with Crippen molar-refractivity contribution in [3.63, 3.8) is 0 Å². The number of hydrogen-bond acceptors (Lipinski definition) is 4. The lowest BCUT2D eigenvalue weighted by molar-refractivity contribution is 0.145. The van der Waals surface area contributed by atoms with Gasteiger partial charge in [0.15, 0.2) is 0 Å². The number of rotatable bonds is 7. The van der Waals surface area contributed by atoms with Crippen LogP contribution in [0.5, 0.6) is 5.75 Å². The van der Waals surface area contributed by atoms with Crippen LogP contribution in [0, 0.1) is 0 Å². The number of para-hydroxylation sites is 1. The Kier molecular flexibility index (Phi) is 6.30. The lowest BCUT2D eigenvalue weighted by Gasteiger charge is -2.32. The van der Waals surface area contributed by atoms with Crippen molar-refractivity contribution >= 4 is 0 Å². The summed E-state index contributed by atoms with van der Waals surface area (Å²) in [7, 11) is 2.19. The van der Waals surface area contributed by atoms with Crippen LogP contribution in [-0.2, 0) is 6.42 Å². The molecule has 4 heteroatoms. The molecule has 1 aliphatic rings. The van der Waals surface area contributed by atoms with Gasteiger partial charge in [-0.25, -0.2) is 0 Å². The molecule has 0 atom stereocenters. The molecular weight excluding hydrogens is 250 g/mol. The van der Waals surface area contributed by atoms with E-state index in [-0.39, 0.29) is 0 Å². The number of nitrogens with two attached hydrogens (primary N) is 1. The molecular formula is C16H27N3O. The second-order valence-electron chi connectivity index (χ2n) is 5.49. The number of ether oxygens (including phenoxy) is 1. The summed E-state index contributed by atoms with van der Waals surface area (Å²) in [6.07, 6.45) is 1.97. The molecule has 1 heterocycles. The highest BCUT2D eigenvalue weighted by Crippen LogP contribution is 2.18. The second kappa shape index (κ2) is 8.25. The molecule has 0 saturated carbocycles. The van der Waals surface area contributed by atoms with Gasteiger partial charge in [-0.3, -0.25) is 0 Å². The Bertz CT molecular complexity index is 389. The van der Waals surface area contributed by atoms with Crippen molar-refractivity contribution in [1.82, 2.24) is 9.80 Å². The minimum Gasteiger partial charge on any atom is -0.493 e. The third-order valence-corrected chi connectivity index (χ3v) is 3.86. The van der Waals surface area contributed by atoms with Crippen LogP contribution >= 0.6 is 0 Å². The molecule has 1 saturated heterocycles. The molecule has 2 N–H and O–H groups in total. The van der Waals surface area contributed by atoms with Crippen molar-refractivity contribution in [1.29, 1.82) is 0 Å². The van der Waals surface area contributed by atoms with E-state index in [4.69, 9.17) is 10.5 Å². The fourth-order valence-corrected chi connectivity index (χ4v) is 2.55. The van der Waals surface area contributed by atoms with Gasteiger partial charge < -0.3 is 20.3 Å². The summed E-state index contributed by atoms with van der Waals surface area (Å²) >= 11 is 0. The summed E-state index contributed by atoms with van der Waals surface area (Å²) in [5, 5.41) is 0. The van der Waals surface area contributed by atoms with Crippen LogP contribution in [0.4, 0.5) is 0 Å². The summed E-state index contributed by atoms with van der Waals surface area (Å²) in [5.41, 5.74) is 6.84. The zero-order chi connectivity index (χ0) is 14.2. The number of hydrogen-bond donors (Lipinski definition) is 1. The van der Waals surface area contributed by atoms with Crippen molar-refractivity contribution in [2.75, 3.05) is 52.9 Å². The first kappa shape index (κ1) is 15.3. The molecule has 4 nitrogen and oxygen atoms in total. The summed E-state index contributed by atoms with van der Waals surface area (Å²) in [6, 6.07) is 8.21. The van der Waals surface area contributed by atoms with Gasteiger partial charge in [-0.2, -0.15) is 0 Å². The highest BCUT2D eigenvalue weighted by atomic mass is 16.5. The summed E-state index contributed by atoms with van der Waals surface area (Å²) in [5.74, 6) is 0.997. The standard InChI is InChI=1S/C16H27N3O/c1-18-10-12-19(13-11-18)9-4-14-20-16-6-3-2-5-15(16)7-8-17/h2-3,5-6H,4,7-14,17H2,1H3. The van der Waals surface area contributed by atoms with Crippen molar-refractivity contribution in [2.24, 2.45) is 5.73 Å². The van der Waals surface area contributed by atoms with Crippen LogP contribution in [-0.4, -0.2) is 62.7 Å². The van der Waals surface area contributed by atoms with E-state index < -0.39 is 0 Å². The molecule has 1 aromatic carbocycles. The maximum Gasteiger partial charge on any atom is 0.122 e. The van der Waals surface area contributed by atoms with E-state index in [2.05, 4.69) is 22.9 Å². The first-order valence-electron chi connectivity index (χ1n) is 7.61. The van der Waals surface area contributed by atoms with Gasteiger partial charge in [-0.15, -0.1) is 0 Å². The Morgan fingerprint density at radius 2 is 1.90 bits per heavy atom. The number of piperazine rings is 1.